The highest BCUT2D eigenvalue weighted by Crippen LogP contribution is 2.21. The minimum absolute atomic E-state index is 0.0159. The van der Waals surface area contributed by atoms with Gasteiger partial charge < -0.3 is 5.73 Å². The molecule has 2 aromatic heterocycles. The van der Waals surface area contributed by atoms with Crippen molar-refractivity contribution < 1.29 is 8.42 Å². The molecule has 0 aliphatic rings. The number of nitrogens with one attached hydrogen (secondary N) is 1. The summed E-state index contributed by atoms with van der Waals surface area (Å²) >= 11 is 1.41. The number of aromatic nitrogens is 2. The molecule has 0 saturated carbocycles. The Morgan fingerprint density at radius 1 is 1.56 bits per heavy atom. The van der Waals surface area contributed by atoms with Gasteiger partial charge in [0.25, 0.3) is 10.0 Å². The fraction of sp³-hybridized carbons (Fsp3) is 0.300. The van der Waals surface area contributed by atoms with Crippen molar-refractivity contribution in [3.8, 4) is 0 Å². The van der Waals surface area contributed by atoms with Crippen molar-refractivity contribution in [2.24, 2.45) is 0 Å². The van der Waals surface area contributed by atoms with Gasteiger partial charge in [-0.05, 0) is 17.9 Å². The van der Waals surface area contributed by atoms with Gasteiger partial charge in [0.05, 0.1) is 5.69 Å². The van der Waals surface area contributed by atoms with Crippen LogP contribution in [0.25, 0.3) is 0 Å². The molecule has 0 amide bonds. The predicted molar refractivity (Wildman–Crippen MR) is 72.1 cm³/mol. The van der Waals surface area contributed by atoms with Crippen molar-refractivity contribution in [1.82, 2.24) is 9.78 Å². The highest BCUT2D eigenvalue weighted by Gasteiger charge is 2.21. The maximum Gasteiger partial charge on any atom is 0.267 e. The van der Waals surface area contributed by atoms with Gasteiger partial charge in [-0.25, -0.2) is 8.42 Å². The predicted octanol–water partition coefficient (Wildman–Crippen LogP) is 1.74. The Morgan fingerprint density at radius 2 is 2.33 bits per heavy atom. The Hall–Kier alpha value is -1.54. The molecule has 0 saturated heterocycles. The summed E-state index contributed by atoms with van der Waals surface area (Å²) in [5.41, 5.74) is 6.17. The molecule has 0 aromatic carbocycles. The van der Waals surface area contributed by atoms with Crippen LogP contribution in [-0.4, -0.2) is 18.2 Å². The van der Waals surface area contributed by atoms with Gasteiger partial charge in [0.1, 0.15) is 4.90 Å². The number of thiophene rings is 1. The summed E-state index contributed by atoms with van der Waals surface area (Å²) in [4.78, 5) is 0.0159. The third kappa shape index (κ3) is 2.65. The minimum atomic E-state index is -3.66. The Balaban J connectivity index is 2.29. The number of hydrogen-bond acceptors (Lipinski definition) is 5. The standard InChI is InChI=1S/C10H14N4O2S2/c1-2-4-14-6-9(10(11)12-14)18(15,16)13-8-3-5-17-7-8/h3,5-7,13H,2,4H2,1H3,(H2,11,12). The Labute approximate surface area is 109 Å². The van der Waals surface area contributed by atoms with Crippen LogP contribution in [-0.2, 0) is 16.6 Å². The van der Waals surface area contributed by atoms with Crippen LogP contribution in [0.4, 0.5) is 11.5 Å². The molecule has 0 aliphatic carbocycles. The molecule has 6 nitrogen and oxygen atoms in total. The lowest BCUT2D eigenvalue weighted by atomic mass is 10.5. The molecular formula is C10H14N4O2S2. The highest BCUT2D eigenvalue weighted by atomic mass is 32.2. The molecule has 2 rings (SSSR count). The van der Waals surface area contributed by atoms with Crippen molar-refractivity contribution in [3.63, 3.8) is 0 Å². The second-order valence-electron chi connectivity index (χ2n) is 3.76. The van der Waals surface area contributed by atoms with E-state index in [2.05, 4.69) is 9.82 Å². The van der Waals surface area contributed by atoms with Gasteiger partial charge in [-0.1, -0.05) is 6.92 Å². The van der Waals surface area contributed by atoms with Crippen LogP contribution >= 0.6 is 11.3 Å². The topological polar surface area (TPSA) is 90.0 Å². The summed E-state index contributed by atoms with van der Waals surface area (Å²) in [7, 11) is -3.66. The number of hydrogen-bond donors (Lipinski definition) is 2. The van der Waals surface area contributed by atoms with Crippen molar-refractivity contribution in [2.45, 2.75) is 24.8 Å². The number of aryl methyl sites for hydroxylation is 1. The first-order chi connectivity index (χ1) is 8.53. The van der Waals surface area contributed by atoms with E-state index in [-0.39, 0.29) is 10.7 Å². The number of anilines is 2. The zero-order valence-electron chi connectivity index (χ0n) is 9.83. The van der Waals surface area contributed by atoms with Gasteiger partial charge in [-0.15, -0.1) is 0 Å². The van der Waals surface area contributed by atoms with Gasteiger partial charge in [0.15, 0.2) is 5.82 Å². The summed E-state index contributed by atoms with van der Waals surface area (Å²) in [6.07, 6.45) is 2.31. The first-order valence-corrected chi connectivity index (χ1v) is 7.83. The fourth-order valence-electron chi connectivity index (χ4n) is 1.50. The lowest BCUT2D eigenvalue weighted by molar-refractivity contribution is 0.595. The number of sulfonamides is 1. The van der Waals surface area contributed by atoms with Gasteiger partial charge in [0.2, 0.25) is 0 Å². The minimum Gasteiger partial charge on any atom is -0.381 e. The van der Waals surface area contributed by atoms with E-state index in [4.69, 9.17) is 5.73 Å². The maximum atomic E-state index is 12.1. The van der Waals surface area contributed by atoms with Crippen LogP contribution in [0.3, 0.4) is 0 Å². The Kier molecular flexibility index (Phi) is 3.58. The van der Waals surface area contributed by atoms with Crippen molar-refractivity contribution in [2.75, 3.05) is 10.5 Å². The molecule has 98 valence electrons. The Bertz CT molecular complexity index is 616. The van der Waals surface area contributed by atoms with E-state index in [9.17, 15) is 8.42 Å². The van der Waals surface area contributed by atoms with Gasteiger partial charge in [0, 0.05) is 18.1 Å². The van der Waals surface area contributed by atoms with E-state index in [1.165, 1.54) is 22.2 Å². The second kappa shape index (κ2) is 4.99. The van der Waals surface area contributed by atoms with E-state index in [1.807, 2.05) is 6.92 Å². The first-order valence-electron chi connectivity index (χ1n) is 5.41. The fourth-order valence-corrected chi connectivity index (χ4v) is 3.29. The SMILES string of the molecule is CCCn1cc(S(=O)(=O)Nc2ccsc2)c(N)n1. The number of rotatable bonds is 5. The van der Waals surface area contributed by atoms with E-state index < -0.39 is 10.0 Å². The summed E-state index contributed by atoms with van der Waals surface area (Å²) in [5.74, 6) is 0.0196. The van der Waals surface area contributed by atoms with Crippen molar-refractivity contribution in [1.29, 1.82) is 0 Å². The van der Waals surface area contributed by atoms with Crippen LogP contribution in [0.5, 0.6) is 0 Å². The lowest BCUT2D eigenvalue weighted by Crippen LogP contribution is -2.13. The maximum absolute atomic E-state index is 12.1. The largest absolute Gasteiger partial charge is 0.381 e. The molecule has 18 heavy (non-hydrogen) atoms. The summed E-state index contributed by atoms with van der Waals surface area (Å²) in [6, 6.07) is 1.69. The molecule has 2 aromatic rings. The van der Waals surface area contributed by atoms with E-state index in [1.54, 1.807) is 16.8 Å². The van der Waals surface area contributed by atoms with Crippen LogP contribution in [0, 0.1) is 0 Å². The zero-order chi connectivity index (χ0) is 13.2. The molecule has 0 fully saturated rings. The monoisotopic (exact) mass is 286 g/mol. The second-order valence-corrected chi connectivity index (χ2v) is 6.19. The molecule has 0 bridgehead atoms. The number of nitrogens with zero attached hydrogens (tertiary/aromatic N) is 2. The van der Waals surface area contributed by atoms with E-state index >= 15 is 0 Å². The first kappa shape index (κ1) is 12.9. The van der Waals surface area contributed by atoms with Gasteiger partial charge in [-0.2, -0.15) is 16.4 Å². The van der Waals surface area contributed by atoms with Gasteiger partial charge >= 0.3 is 0 Å². The lowest BCUT2D eigenvalue weighted by Gasteiger charge is -2.03. The third-order valence-corrected chi connectivity index (χ3v) is 4.35. The molecule has 3 N–H and O–H groups in total. The Morgan fingerprint density at radius 3 is 2.94 bits per heavy atom. The number of nitrogens with two attached hydrogens (primary N) is 1. The zero-order valence-corrected chi connectivity index (χ0v) is 11.5. The highest BCUT2D eigenvalue weighted by molar-refractivity contribution is 7.92. The summed E-state index contributed by atoms with van der Waals surface area (Å²) in [6.45, 7) is 2.62. The molecule has 0 atom stereocenters. The van der Waals surface area contributed by atoms with Crippen LogP contribution in [0.15, 0.2) is 27.9 Å². The van der Waals surface area contributed by atoms with Gasteiger partial charge in [-0.3, -0.25) is 9.40 Å². The molecule has 2 heterocycles. The van der Waals surface area contributed by atoms with E-state index in [0.29, 0.717) is 12.2 Å². The molecule has 0 spiro atoms. The molecule has 0 aliphatic heterocycles. The van der Waals surface area contributed by atoms with E-state index in [0.717, 1.165) is 6.42 Å². The molecule has 0 radical (unpaired) electrons. The van der Waals surface area contributed by atoms with Crippen LogP contribution in [0.2, 0.25) is 0 Å². The summed E-state index contributed by atoms with van der Waals surface area (Å²) < 4.78 is 28.2. The third-order valence-electron chi connectivity index (χ3n) is 2.27. The summed E-state index contributed by atoms with van der Waals surface area (Å²) in [5, 5.41) is 7.48. The average molecular weight is 286 g/mol. The molecule has 8 heteroatoms. The normalized spacial score (nSPS) is 11.6. The average Bonchev–Trinajstić information content (AvgIpc) is 2.88. The molecular weight excluding hydrogens is 272 g/mol. The van der Waals surface area contributed by atoms with Crippen molar-refractivity contribution >= 4 is 32.9 Å². The van der Waals surface area contributed by atoms with Crippen LogP contribution < -0.4 is 10.5 Å². The number of nitrogen functional groups attached to an aromatic ring is 1. The quantitative estimate of drug-likeness (QED) is 0.876. The van der Waals surface area contributed by atoms with Crippen LogP contribution in [0.1, 0.15) is 13.3 Å². The smallest absolute Gasteiger partial charge is 0.267 e. The van der Waals surface area contributed by atoms with Crippen molar-refractivity contribution in [3.05, 3.63) is 23.0 Å². The molecule has 0 unspecified atom stereocenters.